The number of hydrogen-bond acceptors (Lipinski definition) is 14. The lowest BCUT2D eigenvalue weighted by Gasteiger charge is -2.24. The summed E-state index contributed by atoms with van der Waals surface area (Å²) in [4.78, 5) is 64.8. The Balaban J connectivity index is 0.975. The minimum absolute atomic E-state index is 0.0187. The molecule has 0 aromatic heterocycles. The minimum atomic E-state index is -0.584. The normalized spacial score (nSPS) is 13.4. The molecule has 4 aromatic carbocycles. The SMILES string of the molecule is CCNc1ccc(O)c2c1C(=O)c1c(O)ccc(NCCN=C(N)CCCCC(N)=NCCNc3ccc(O)c4c3C(=O)c3c(O)ccc(NCC[NH+](C)C)c3C4=O)c1C2=O. The Morgan fingerprint density at radius 2 is 0.820 bits per heavy atom. The van der Waals surface area contributed by atoms with Gasteiger partial charge in [-0.2, -0.15) is 0 Å². The zero-order chi connectivity index (χ0) is 44.0. The average molecular weight is 835 g/mol. The van der Waals surface area contributed by atoms with Gasteiger partial charge in [0.05, 0.1) is 96.5 Å². The fourth-order valence-electron chi connectivity index (χ4n) is 7.51. The number of ketones is 4. The topological polar surface area (TPSA) is 279 Å². The van der Waals surface area contributed by atoms with Crippen LogP contribution in [-0.2, 0) is 0 Å². The van der Waals surface area contributed by atoms with Gasteiger partial charge in [0.15, 0.2) is 0 Å². The van der Waals surface area contributed by atoms with E-state index in [1.54, 1.807) is 6.07 Å². The number of nitrogens with two attached hydrogens (primary N) is 2. The van der Waals surface area contributed by atoms with Crippen LogP contribution in [0.25, 0.3) is 0 Å². The lowest BCUT2D eigenvalue weighted by Crippen LogP contribution is -3.06. The second-order valence-corrected chi connectivity index (χ2v) is 15.1. The summed E-state index contributed by atoms with van der Waals surface area (Å²) in [5.41, 5.74) is 13.3. The summed E-state index contributed by atoms with van der Waals surface area (Å²) in [6, 6.07) is 11.5. The summed E-state index contributed by atoms with van der Waals surface area (Å²) in [6.45, 7) is 4.66. The molecule has 0 atom stereocenters. The number of carbonyl (C=O) groups excluding carboxylic acids is 4. The number of unbranched alkanes of at least 4 members (excludes halogenated alkanes) is 1. The summed E-state index contributed by atoms with van der Waals surface area (Å²) < 4.78 is 0. The van der Waals surface area contributed by atoms with E-state index in [1.165, 1.54) is 47.4 Å². The van der Waals surface area contributed by atoms with Gasteiger partial charge in [-0.25, -0.2) is 0 Å². The Morgan fingerprint density at radius 1 is 0.508 bits per heavy atom. The van der Waals surface area contributed by atoms with Crippen molar-refractivity contribution in [1.29, 1.82) is 0 Å². The van der Waals surface area contributed by atoms with Crippen molar-refractivity contribution in [2.45, 2.75) is 32.6 Å². The highest BCUT2D eigenvalue weighted by Crippen LogP contribution is 2.44. The van der Waals surface area contributed by atoms with E-state index in [9.17, 15) is 39.6 Å². The number of amidine groups is 2. The maximum Gasteiger partial charge on any atom is 0.200 e. The summed E-state index contributed by atoms with van der Waals surface area (Å²) in [7, 11) is 3.98. The molecule has 0 unspecified atom stereocenters. The monoisotopic (exact) mass is 834 g/mol. The summed E-state index contributed by atoms with van der Waals surface area (Å²) in [5.74, 6) is -2.77. The number of phenolic OH excluding ortho intramolecular Hbond substituents is 4. The lowest BCUT2D eigenvalue weighted by molar-refractivity contribution is -0.856. The highest BCUT2D eigenvalue weighted by molar-refractivity contribution is 6.34. The van der Waals surface area contributed by atoms with Crippen LogP contribution in [0.1, 0.15) is 96.3 Å². The van der Waals surface area contributed by atoms with E-state index in [0.29, 0.717) is 73.2 Å². The molecule has 0 saturated carbocycles. The van der Waals surface area contributed by atoms with Crippen molar-refractivity contribution in [2.24, 2.45) is 21.5 Å². The Hall–Kier alpha value is -7.14. The lowest BCUT2D eigenvalue weighted by atomic mass is 9.81. The fraction of sp³-hybridized carbons (Fsp3) is 0.318. The largest absolute Gasteiger partial charge is 0.507 e. The third-order valence-corrected chi connectivity index (χ3v) is 10.5. The average Bonchev–Trinajstić information content (AvgIpc) is 3.22. The van der Waals surface area contributed by atoms with Gasteiger partial charge in [-0.05, 0) is 68.3 Å². The number of fused-ring (bicyclic) bond motifs is 4. The Kier molecular flexibility index (Phi) is 13.4. The van der Waals surface area contributed by atoms with E-state index in [1.807, 2.05) is 21.0 Å². The van der Waals surface area contributed by atoms with Crippen molar-refractivity contribution in [1.82, 2.24) is 0 Å². The number of aliphatic imine (C=N–C) groups is 2. The van der Waals surface area contributed by atoms with Crippen molar-refractivity contribution in [2.75, 3.05) is 81.2 Å². The molecule has 2 aliphatic rings. The number of benzene rings is 4. The predicted molar refractivity (Wildman–Crippen MR) is 235 cm³/mol. The van der Waals surface area contributed by atoms with E-state index in [-0.39, 0.29) is 93.7 Å². The molecule has 0 bridgehead atoms. The fourth-order valence-corrected chi connectivity index (χ4v) is 7.51. The first-order chi connectivity index (χ1) is 29.2. The standard InChI is InChI=1S/C44H51N9O8/c1-4-47-23-9-13-27(54)37-33(23)41(58)38-28(55)14-10-24(34(38)42(37)59)48-17-19-51-31(45)7-5-6-8-32(46)52-20-18-49-25-11-15-29(56)39-35(25)43(60)40-30(57)16-12-26(36(40)44(39)61)50-21-22-53(2)3/h9-16,47-50,54-57H,4-8,17-22H2,1-3H3,(H2,45,51)(H2,46,52)/p+1. The van der Waals surface area contributed by atoms with Gasteiger partial charge >= 0.3 is 0 Å². The van der Waals surface area contributed by atoms with Crippen LogP contribution in [0.2, 0.25) is 0 Å². The van der Waals surface area contributed by atoms with Crippen molar-refractivity contribution in [3.8, 4) is 23.0 Å². The Labute approximate surface area is 352 Å². The molecule has 4 aromatic rings. The number of phenols is 4. The molecular formula is C44H52N9O8+. The molecule has 0 heterocycles. The second kappa shape index (κ2) is 18.8. The Bertz CT molecular complexity index is 2460. The molecule has 13 N–H and O–H groups in total. The molecule has 17 nitrogen and oxygen atoms in total. The van der Waals surface area contributed by atoms with Crippen molar-refractivity contribution < 1.29 is 44.5 Å². The first kappa shape index (κ1) is 43.4. The number of aromatic hydroxyl groups is 4. The van der Waals surface area contributed by atoms with Crippen LogP contribution in [0.5, 0.6) is 23.0 Å². The highest BCUT2D eigenvalue weighted by Gasteiger charge is 2.39. The third kappa shape index (κ3) is 9.06. The number of nitrogens with zero attached hydrogens (tertiary/aromatic N) is 2. The van der Waals surface area contributed by atoms with Crippen LogP contribution in [0.4, 0.5) is 22.7 Å². The molecule has 0 fully saturated rings. The second-order valence-electron chi connectivity index (χ2n) is 15.1. The number of anilines is 4. The van der Waals surface area contributed by atoms with Crippen LogP contribution >= 0.6 is 0 Å². The van der Waals surface area contributed by atoms with Gasteiger partial charge in [-0.15, -0.1) is 0 Å². The van der Waals surface area contributed by atoms with Crippen molar-refractivity contribution >= 4 is 57.6 Å². The van der Waals surface area contributed by atoms with Crippen LogP contribution in [0, 0.1) is 0 Å². The molecule has 2 aliphatic carbocycles. The van der Waals surface area contributed by atoms with E-state index in [0.717, 1.165) is 6.54 Å². The minimum Gasteiger partial charge on any atom is -0.507 e. The van der Waals surface area contributed by atoms with Gasteiger partial charge in [-0.1, -0.05) is 0 Å². The van der Waals surface area contributed by atoms with Crippen LogP contribution < -0.4 is 37.6 Å². The van der Waals surface area contributed by atoms with Crippen LogP contribution in [0.3, 0.4) is 0 Å². The zero-order valence-corrected chi connectivity index (χ0v) is 34.4. The summed E-state index contributed by atoms with van der Waals surface area (Å²) in [5, 5.41) is 55.0. The number of likely N-dealkylation sites (N-methyl/N-ethyl adjacent to an activating group) is 1. The van der Waals surface area contributed by atoms with E-state index in [2.05, 4.69) is 31.3 Å². The van der Waals surface area contributed by atoms with Crippen molar-refractivity contribution in [3.63, 3.8) is 0 Å². The third-order valence-electron chi connectivity index (χ3n) is 10.5. The van der Waals surface area contributed by atoms with Gasteiger partial charge in [0.2, 0.25) is 23.1 Å². The van der Waals surface area contributed by atoms with Gasteiger partial charge in [0, 0.05) is 55.2 Å². The molecule has 0 saturated heterocycles. The molecule has 0 amide bonds. The number of rotatable bonds is 19. The quantitative estimate of drug-likeness (QED) is 0.0242. The van der Waals surface area contributed by atoms with Crippen molar-refractivity contribution in [3.05, 3.63) is 93.0 Å². The maximum atomic E-state index is 13.8. The van der Waals surface area contributed by atoms with Gasteiger partial charge in [0.1, 0.15) is 23.0 Å². The van der Waals surface area contributed by atoms with Crippen LogP contribution in [-0.4, -0.2) is 115 Å². The first-order valence-corrected chi connectivity index (χ1v) is 20.2. The predicted octanol–water partition coefficient (Wildman–Crippen LogP) is 2.85. The Morgan fingerprint density at radius 3 is 1.13 bits per heavy atom. The first-order valence-electron chi connectivity index (χ1n) is 20.2. The summed E-state index contributed by atoms with van der Waals surface area (Å²) >= 11 is 0. The maximum absolute atomic E-state index is 13.8. The molecule has 0 aliphatic heterocycles. The molecule has 61 heavy (non-hydrogen) atoms. The molecule has 320 valence electrons. The van der Waals surface area contributed by atoms with Gasteiger partial charge < -0.3 is 58.1 Å². The van der Waals surface area contributed by atoms with E-state index >= 15 is 0 Å². The zero-order valence-electron chi connectivity index (χ0n) is 34.4. The molecule has 6 rings (SSSR count). The number of quaternary nitrogens is 1. The van der Waals surface area contributed by atoms with Gasteiger partial charge in [-0.3, -0.25) is 29.2 Å². The van der Waals surface area contributed by atoms with E-state index < -0.39 is 23.1 Å². The van der Waals surface area contributed by atoms with Crippen LogP contribution in [0.15, 0.2) is 58.5 Å². The molecule has 0 spiro atoms. The summed E-state index contributed by atoms with van der Waals surface area (Å²) in [6.07, 6.45) is 2.39. The van der Waals surface area contributed by atoms with Gasteiger partial charge in [0.25, 0.3) is 0 Å². The molecule has 17 heteroatoms. The molecule has 0 radical (unpaired) electrons. The smallest absolute Gasteiger partial charge is 0.200 e. The molecular weight excluding hydrogens is 783 g/mol. The number of hydrogen-bond donors (Lipinski definition) is 11. The van der Waals surface area contributed by atoms with E-state index in [4.69, 9.17) is 11.5 Å². The number of carbonyl (C=O) groups is 4. The highest BCUT2D eigenvalue weighted by atomic mass is 16.3. The number of nitrogens with one attached hydrogen (secondary N) is 5.